The summed E-state index contributed by atoms with van der Waals surface area (Å²) in [5.74, 6) is -0.747. The maximum Gasteiger partial charge on any atom is 0.251 e. The molecule has 0 unspecified atom stereocenters. The number of carbonyl (C=O) groups excluding carboxylic acids is 1. The molecular weight excluding hydrogens is 384 g/mol. The molecule has 0 aromatic heterocycles. The van der Waals surface area contributed by atoms with Crippen LogP contribution in [0.5, 0.6) is 0 Å². The molecule has 0 heterocycles. The molecule has 1 aromatic rings. The van der Waals surface area contributed by atoms with Crippen LogP contribution in [-0.4, -0.2) is 40.8 Å². The number of halogens is 1. The first-order valence-corrected chi connectivity index (χ1v) is 10.0. The zero-order valence-electron chi connectivity index (χ0n) is 11.2. The normalized spacial score (nSPS) is 12.1. The van der Waals surface area contributed by atoms with Gasteiger partial charge in [-0.25, -0.2) is 22.0 Å². The van der Waals surface area contributed by atoms with Crippen LogP contribution in [-0.2, 0) is 19.9 Å². The Hall–Kier alpha value is -0.970. The van der Waals surface area contributed by atoms with E-state index in [9.17, 15) is 21.6 Å². The predicted molar refractivity (Wildman–Crippen MR) is 82.2 cm³/mol. The zero-order chi connectivity index (χ0) is 16.3. The molecule has 0 atom stereocenters. The number of nitrogens with one attached hydrogen (secondary N) is 1. The van der Waals surface area contributed by atoms with E-state index < -0.39 is 25.8 Å². The number of hydrogen-bond acceptors (Lipinski definition) is 5. The SMILES string of the molecule is CCS(=O)(=O)CCNC(=O)c1ccc(Br)c(S(N)(=O)=O)c1. The van der Waals surface area contributed by atoms with Crippen LogP contribution in [0.2, 0.25) is 0 Å². The van der Waals surface area contributed by atoms with Crippen LogP contribution in [0.15, 0.2) is 27.6 Å². The van der Waals surface area contributed by atoms with Crippen LogP contribution >= 0.6 is 15.9 Å². The van der Waals surface area contributed by atoms with E-state index in [1.165, 1.54) is 19.1 Å². The highest BCUT2D eigenvalue weighted by molar-refractivity contribution is 9.10. The molecule has 10 heteroatoms. The molecule has 0 aliphatic heterocycles. The van der Waals surface area contributed by atoms with Crippen molar-refractivity contribution in [3.63, 3.8) is 0 Å². The van der Waals surface area contributed by atoms with Gasteiger partial charge in [0, 0.05) is 22.3 Å². The molecule has 3 N–H and O–H groups in total. The van der Waals surface area contributed by atoms with Gasteiger partial charge in [-0.3, -0.25) is 4.79 Å². The van der Waals surface area contributed by atoms with Gasteiger partial charge in [0.25, 0.3) is 5.91 Å². The Morgan fingerprint density at radius 1 is 1.29 bits per heavy atom. The first kappa shape index (κ1) is 18.1. The van der Waals surface area contributed by atoms with Crippen LogP contribution in [0.1, 0.15) is 17.3 Å². The fraction of sp³-hybridized carbons (Fsp3) is 0.364. The molecule has 0 saturated carbocycles. The van der Waals surface area contributed by atoms with E-state index in [4.69, 9.17) is 5.14 Å². The summed E-state index contributed by atoms with van der Waals surface area (Å²) in [6.07, 6.45) is 0. The van der Waals surface area contributed by atoms with E-state index in [2.05, 4.69) is 21.2 Å². The Balaban J connectivity index is 2.85. The molecule has 0 spiro atoms. The molecular formula is C11H15BrN2O5S2. The Labute approximate surface area is 132 Å². The lowest BCUT2D eigenvalue weighted by Crippen LogP contribution is -2.29. The highest BCUT2D eigenvalue weighted by atomic mass is 79.9. The number of primary sulfonamides is 1. The molecule has 0 aliphatic carbocycles. The average molecular weight is 399 g/mol. The lowest BCUT2D eigenvalue weighted by molar-refractivity contribution is 0.0956. The van der Waals surface area contributed by atoms with Crippen molar-refractivity contribution in [2.75, 3.05) is 18.1 Å². The fourth-order valence-electron chi connectivity index (χ4n) is 1.43. The van der Waals surface area contributed by atoms with Crippen molar-refractivity contribution in [2.24, 2.45) is 5.14 Å². The van der Waals surface area contributed by atoms with Gasteiger partial charge in [0.2, 0.25) is 10.0 Å². The van der Waals surface area contributed by atoms with E-state index in [-0.39, 0.29) is 33.0 Å². The van der Waals surface area contributed by atoms with Gasteiger partial charge in [-0.05, 0) is 34.1 Å². The van der Waals surface area contributed by atoms with Crippen LogP contribution in [0.25, 0.3) is 0 Å². The summed E-state index contributed by atoms with van der Waals surface area (Å²) in [4.78, 5) is 11.6. The highest BCUT2D eigenvalue weighted by Crippen LogP contribution is 2.22. The van der Waals surface area contributed by atoms with Crippen LogP contribution in [0, 0.1) is 0 Å². The summed E-state index contributed by atoms with van der Waals surface area (Å²) in [7, 11) is -7.13. The van der Waals surface area contributed by atoms with E-state index in [0.717, 1.165) is 6.07 Å². The van der Waals surface area contributed by atoms with E-state index in [1.54, 1.807) is 0 Å². The minimum absolute atomic E-state index is 0.00325. The third-order valence-electron chi connectivity index (χ3n) is 2.64. The Bertz CT molecular complexity index is 744. The molecule has 0 fully saturated rings. The van der Waals surface area contributed by atoms with Gasteiger partial charge in [-0.2, -0.15) is 0 Å². The van der Waals surface area contributed by atoms with Gasteiger partial charge < -0.3 is 5.32 Å². The molecule has 0 aliphatic rings. The van der Waals surface area contributed by atoms with Gasteiger partial charge >= 0.3 is 0 Å². The van der Waals surface area contributed by atoms with E-state index >= 15 is 0 Å². The largest absolute Gasteiger partial charge is 0.351 e. The van der Waals surface area contributed by atoms with Gasteiger partial charge in [0.05, 0.1) is 10.6 Å². The van der Waals surface area contributed by atoms with Crippen LogP contribution in [0.3, 0.4) is 0 Å². The second kappa shape index (κ2) is 6.86. The minimum atomic E-state index is -3.96. The maximum atomic E-state index is 11.9. The molecule has 1 rings (SSSR count). The Morgan fingerprint density at radius 3 is 2.43 bits per heavy atom. The van der Waals surface area contributed by atoms with Crippen LogP contribution < -0.4 is 10.5 Å². The third kappa shape index (κ3) is 5.38. The average Bonchev–Trinajstić information content (AvgIpc) is 2.37. The summed E-state index contributed by atoms with van der Waals surface area (Å²) in [6.45, 7) is 1.47. The van der Waals surface area contributed by atoms with Crippen molar-refractivity contribution in [1.82, 2.24) is 5.32 Å². The Kier molecular flexibility index (Phi) is 5.91. The predicted octanol–water partition coefficient (Wildman–Crippen LogP) is 0.261. The minimum Gasteiger partial charge on any atom is -0.351 e. The van der Waals surface area contributed by atoms with Gasteiger partial charge in [-0.1, -0.05) is 6.92 Å². The molecule has 7 nitrogen and oxygen atoms in total. The van der Waals surface area contributed by atoms with E-state index in [0.29, 0.717) is 0 Å². The topological polar surface area (TPSA) is 123 Å². The second-order valence-corrected chi connectivity index (χ2v) is 9.04. The van der Waals surface area contributed by atoms with Crippen molar-refractivity contribution in [3.8, 4) is 0 Å². The number of benzene rings is 1. The summed E-state index contributed by atoms with van der Waals surface area (Å²) >= 11 is 3.03. The molecule has 0 saturated heterocycles. The lowest BCUT2D eigenvalue weighted by atomic mass is 10.2. The van der Waals surface area contributed by atoms with E-state index in [1.807, 2.05) is 0 Å². The maximum absolute atomic E-state index is 11.9. The molecule has 0 bridgehead atoms. The molecule has 21 heavy (non-hydrogen) atoms. The van der Waals surface area contributed by atoms with Crippen LogP contribution in [0.4, 0.5) is 0 Å². The van der Waals surface area contributed by atoms with Gasteiger partial charge in [0.1, 0.15) is 0 Å². The monoisotopic (exact) mass is 398 g/mol. The summed E-state index contributed by atoms with van der Waals surface area (Å²) in [6, 6.07) is 3.92. The zero-order valence-corrected chi connectivity index (χ0v) is 14.4. The third-order valence-corrected chi connectivity index (χ3v) is 6.25. The second-order valence-electron chi connectivity index (χ2n) is 4.18. The van der Waals surface area contributed by atoms with Gasteiger partial charge in [-0.15, -0.1) is 0 Å². The highest BCUT2D eigenvalue weighted by Gasteiger charge is 2.16. The fourth-order valence-corrected chi connectivity index (χ4v) is 3.69. The molecule has 1 amide bonds. The Morgan fingerprint density at radius 2 is 1.90 bits per heavy atom. The summed E-state index contributed by atoms with van der Waals surface area (Å²) < 4.78 is 45.5. The van der Waals surface area contributed by atoms with Crippen molar-refractivity contribution < 1.29 is 21.6 Å². The van der Waals surface area contributed by atoms with Crippen molar-refractivity contribution in [2.45, 2.75) is 11.8 Å². The molecule has 0 radical (unpaired) electrons. The van der Waals surface area contributed by atoms with Crippen molar-refractivity contribution >= 4 is 41.7 Å². The first-order chi connectivity index (χ1) is 9.57. The number of carbonyl (C=O) groups is 1. The van der Waals surface area contributed by atoms with Crippen molar-refractivity contribution in [3.05, 3.63) is 28.2 Å². The summed E-state index contributed by atoms with van der Waals surface area (Å²) in [5.41, 5.74) is 0.0797. The van der Waals surface area contributed by atoms with Crippen molar-refractivity contribution in [1.29, 1.82) is 0 Å². The first-order valence-electron chi connectivity index (χ1n) is 5.88. The number of sulfone groups is 1. The quantitative estimate of drug-likeness (QED) is 0.710. The molecule has 1 aromatic carbocycles. The lowest BCUT2D eigenvalue weighted by Gasteiger charge is -2.07. The standard InChI is InChI=1S/C11H15BrN2O5S2/c1-2-20(16,17)6-5-14-11(15)8-3-4-9(12)10(7-8)21(13,18)19/h3-4,7H,2,5-6H2,1H3,(H,14,15)(H2,13,18,19). The number of rotatable bonds is 6. The molecule has 118 valence electrons. The number of amides is 1. The number of hydrogen-bond donors (Lipinski definition) is 2. The number of sulfonamides is 1. The van der Waals surface area contributed by atoms with Gasteiger partial charge in [0.15, 0.2) is 9.84 Å². The summed E-state index contributed by atoms with van der Waals surface area (Å²) in [5, 5.41) is 7.45. The number of nitrogens with two attached hydrogens (primary N) is 1. The smallest absolute Gasteiger partial charge is 0.251 e.